The Balaban J connectivity index is 2.16. The summed E-state index contributed by atoms with van der Waals surface area (Å²) >= 11 is 12.6. The lowest BCUT2D eigenvalue weighted by molar-refractivity contribution is 0.204. The van der Waals surface area contributed by atoms with Gasteiger partial charge in [0.25, 0.3) is 0 Å². The number of hydrogen-bond acceptors (Lipinski definition) is 2. The van der Waals surface area contributed by atoms with Crippen molar-refractivity contribution in [3.05, 3.63) is 52.0 Å². The fraction of sp³-hybridized carbons (Fsp3) is 0.200. The average Bonchev–Trinajstić information content (AvgIpc) is 2.82. The van der Waals surface area contributed by atoms with Crippen LogP contribution >= 0.6 is 23.2 Å². The van der Waals surface area contributed by atoms with Crippen LogP contribution in [0, 0.1) is 0 Å². The second-order valence-corrected chi connectivity index (χ2v) is 5.30. The van der Waals surface area contributed by atoms with Crippen LogP contribution in [0.3, 0.4) is 0 Å². The highest BCUT2D eigenvalue weighted by Crippen LogP contribution is 2.43. The summed E-state index contributed by atoms with van der Waals surface area (Å²) in [7, 11) is 1.89. The molecule has 1 unspecified atom stereocenters. The zero-order chi connectivity index (χ0) is 13.4. The molecule has 1 N–H and O–H groups in total. The molecule has 1 aliphatic heterocycles. The lowest BCUT2D eigenvalue weighted by Crippen LogP contribution is -2.29. The van der Waals surface area contributed by atoms with Crippen molar-refractivity contribution in [2.24, 2.45) is 0 Å². The maximum Gasteiger partial charge on any atom is 0.154 e. The van der Waals surface area contributed by atoms with Crippen LogP contribution < -0.4 is 10.1 Å². The number of fused-ring (bicyclic) bond motifs is 1. The molecule has 4 heteroatoms. The van der Waals surface area contributed by atoms with Crippen LogP contribution in [-0.4, -0.2) is 13.3 Å². The zero-order valence-electron chi connectivity index (χ0n) is 10.4. The van der Waals surface area contributed by atoms with Crippen molar-refractivity contribution < 1.29 is 4.74 Å². The Bertz CT molecular complexity index is 607. The average molecular weight is 294 g/mol. The molecule has 1 atom stereocenters. The summed E-state index contributed by atoms with van der Waals surface area (Å²) in [6.07, 6.45) is 0.860. The Labute approximate surface area is 122 Å². The molecule has 0 radical (unpaired) electrons. The maximum absolute atomic E-state index is 6.28. The molecule has 3 rings (SSSR count). The van der Waals surface area contributed by atoms with E-state index >= 15 is 0 Å². The SMILES string of the molecule is CNC1Cc2cccc(-c3c(Cl)cccc3Cl)c2O1. The van der Waals surface area contributed by atoms with Crippen molar-refractivity contribution in [3.8, 4) is 16.9 Å². The second-order valence-electron chi connectivity index (χ2n) is 4.49. The van der Waals surface area contributed by atoms with Gasteiger partial charge in [-0.25, -0.2) is 0 Å². The first kappa shape index (κ1) is 12.8. The molecule has 0 amide bonds. The van der Waals surface area contributed by atoms with Crippen LogP contribution in [-0.2, 0) is 6.42 Å². The third-order valence-corrected chi connectivity index (χ3v) is 3.95. The first-order valence-corrected chi connectivity index (χ1v) is 6.86. The summed E-state index contributed by atoms with van der Waals surface area (Å²) in [6.45, 7) is 0. The fourth-order valence-electron chi connectivity index (χ4n) is 2.38. The summed E-state index contributed by atoms with van der Waals surface area (Å²) in [5.74, 6) is 0.872. The Morgan fingerprint density at radius 3 is 2.47 bits per heavy atom. The van der Waals surface area contributed by atoms with Gasteiger partial charge in [0.05, 0.1) is 10.0 Å². The largest absolute Gasteiger partial charge is 0.474 e. The van der Waals surface area contributed by atoms with Gasteiger partial charge in [-0.2, -0.15) is 0 Å². The van der Waals surface area contributed by atoms with E-state index in [1.54, 1.807) is 0 Å². The molecule has 19 heavy (non-hydrogen) atoms. The summed E-state index contributed by atoms with van der Waals surface area (Å²) in [6, 6.07) is 11.6. The number of para-hydroxylation sites is 1. The topological polar surface area (TPSA) is 21.3 Å². The summed E-state index contributed by atoms with van der Waals surface area (Å²) < 4.78 is 5.92. The van der Waals surface area contributed by atoms with Crippen LogP contribution in [0.15, 0.2) is 36.4 Å². The van der Waals surface area contributed by atoms with Gasteiger partial charge in [0.1, 0.15) is 5.75 Å². The van der Waals surface area contributed by atoms with Crippen LogP contribution in [0.25, 0.3) is 11.1 Å². The van der Waals surface area contributed by atoms with Gasteiger partial charge in [-0.15, -0.1) is 0 Å². The summed E-state index contributed by atoms with van der Waals surface area (Å²) in [5.41, 5.74) is 2.96. The smallest absolute Gasteiger partial charge is 0.154 e. The van der Waals surface area contributed by atoms with Gasteiger partial charge in [0, 0.05) is 17.5 Å². The van der Waals surface area contributed by atoms with E-state index in [1.165, 1.54) is 5.56 Å². The molecule has 0 saturated heterocycles. The van der Waals surface area contributed by atoms with Crippen molar-refractivity contribution in [1.82, 2.24) is 5.32 Å². The zero-order valence-corrected chi connectivity index (χ0v) is 11.9. The highest BCUT2D eigenvalue weighted by molar-refractivity contribution is 6.39. The normalized spacial score (nSPS) is 17.1. The molecule has 2 nitrogen and oxygen atoms in total. The molecule has 2 aromatic carbocycles. The molecule has 0 spiro atoms. The molecule has 0 aromatic heterocycles. The predicted octanol–water partition coefficient (Wildman–Crippen LogP) is 4.14. The standard InChI is InChI=1S/C15H13Cl2NO/c1-18-13-8-9-4-2-5-10(15(9)19-13)14-11(16)6-3-7-12(14)17/h2-7,13,18H,8H2,1H3. The van der Waals surface area contributed by atoms with E-state index < -0.39 is 0 Å². The quantitative estimate of drug-likeness (QED) is 0.898. The Hall–Kier alpha value is -1.22. The third kappa shape index (κ3) is 2.20. The molecule has 0 fully saturated rings. The molecule has 98 valence electrons. The minimum atomic E-state index is 0.0115. The molecule has 0 aliphatic carbocycles. The summed E-state index contributed by atoms with van der Waals surface area (Å²) in [5, 5.41) is 4.40. The van der Waals surface area contributed by atoms with Crippen LogP contribution in [0.2, 0.25) is 10.0 Å². The number of hydrogen-bond donors (Lipinski definition) is 1. The molecule has 0 bridgehead atoms. The molecule has 0 saturated carbocycles. The van der Waals surface area contributed by atoms with Crippen LogP contribution in [0.5, 0.6) is 5.75 Å². The van der Waals surface area contributed by atoms with Crippen LogP contribution in [0.1, 0.15) is 5.56 Å². The molecular formula is C15H13Cl2NO. The number of rotatable bonds is 2. The van der Waals surface area contributed by atoms with Crippen LogP contribution in [0.4, 0.5) is 0 Å². The molecule has 2 aromatic rings. The Morgan fingerprint density at radius 1 is 1.11 bits per heavy atom. The van der Waals surface area contributed by atoms with Gasteiger partial charge in [-0.05, 0) is 24.7 Å². The van der Waals surface area contributed by atoms with Crippen molar-refractivity contribution >= 4 is 23.2 Å². The van der Waals surface area contributed by atoms with Crippen molar-refractivity contribution in [1.29, 1.82) is 0 Å². The van der Waals surface area contributed by atoms with E-state index in [0.29, 0.717) is 10.0 Å². The fourth-order valence-corrected chi connectivity index (χ4v) is 2.98. The number of nitrogens with one attached hydrogen (secondary N) is 1. The van der Waals surface area contributed by atoms with E-state index in [4.69, 9.17) is 27.9 Å². The molecule has 1 aliphatic rings. The number of halogens is 2. The first-order valence-electron chi connectivity index (χ1n) is 6.11. The van der Waals surface area contributed by atoms with E-state index in [-0.39, 0.29) is 6.23 Å². The van der Waals surface area contributed by atoms with Gasteiger partial charge in [0.15, 0.2) is 6.23 Å². The van der Waals surface area contributed by atoms with Gasteiger partial charge < -0.3 is 4.74 Å². The first-order chi connectivity index (χ1) is 9.20. The Kier molecular flexibility index (Phi) is 3.40. The number of ether oxygens (including phenoxy) is 1. The van der Waals surface area contributed by atoms with Gasteiger partial charge in [-0.3, -0.25) is 5.32 Å². The number of benzene rings is 2. The maximum atomic E-state index is 6.28. The highest BCUT2D eigenvalue weighted by atomic mass is 35.5. The minimum absolute atomic E-state index is 0.0115. The van der Waals surface area contributed by atoms with Gasteiger partial charge >= 0.3 is 0 Å². The number of likely N-dealkylation sites (N-methyl/N-ethyl adjacent to an activating group) is 1. The Morgan fingerprint density at radius 2 is 1.79 bits per heavy atom. The van der Waals surface area contributed by atoms with Gasteiger partial charge in [0.2, 0.25) is 0 Å². The van der Waals surface area contributed by atoms with E-state index in [2.05, 4.69) is 11.4 Å². The minimum Gasteiger partial charge on any atom is -0.474 e. The highest BCUT2D eigenvalue weighted by Gasteiger charge is 2.25. The van der Waals surface area contributed by atoms with Crippen molar-refractivity contribution in [2.75, 3.05) is 7.05 Å². The lowest BCUT2D eigenvalue weighted by atomic mass is 10.0. The monoisotopic (exact) mass is 293 g/mol. The second kappa shape index (κ2) is 5.04. The van der Waals surface area contributed by atoms with Crippen molar-refractivity contribution in [2.45, 2.75) is 12.6 Å². The van der Waals surface area contributed by atoms with Gasteiger partial charge in [-0.1, -0.05) is 47.5 Å². The third-order valence-electron chi connectivity index (χ3n) is 3.32. The van der Waals surface area contributed by atoms with E-state index in [1.807, 2.05) is 37.4 Å². The lowest BCUT2D eigenvalue weighted by Gasteiger charge is -2.13. The van der Waals surface area contributed by atoms with E-state index in [9.17, 15) is 0 Å². The summed E-state index contributed by atoms with van der Waals surface area (Å²) in [4.78, 5) is 0. The predicted molar refractivity (Wildman–Crippen MR) is 79.1 cm³/mol. The van der Waals surface area contributed by atoms with E-state index in [0.717, 1.165) is 23.3 Å². The van der Waals surface area contributed by atoms with Crippen molar-refractivity contribution in [3.63, 3.8) is 0 Å². The molecule has 1 heterocycles. The molecular weight excluding hydrogens is 281 g/mol.